The number of carboxylic acids is 1. The molecular formula is C109H133Cl4NO13S4. The van der Waals surface area contributed by atoms with Gasteiger partial charge in [-0.25, -0.2) is 19.2 Å². The van der Waals surface area contributed by atoms with E-state index in [0.717, 1.165) is 238 Å². The summed E-state index contributed by atoms with van der Waals surface area (Å²) in [7, 11) is 2.81. The fraction of sp³-hybridized carbons (Fsp3) is 0.468. The number of benzene rings is 5. The molecule has 4 N–H and O–H groups in total. The lowest BCUT2D eigenvalue weighted by atomic mass is 9.89. The van der Waals surface area contributed by atoms with Gasteiger partial charge in [0.2, 0.25) is 0 Å². The van der Waals surface area contributed by atoms with E-state index in [-0.39, 0.29) is 35.4 Å². The van der Waals surface area contributed by atoms with Crippen molar-refractivity contribution in [1.82, 2.24) is 0 Å². The van der Waals surface area contributed by atoms with E-state index in [4.69, 9.17) is 65.7 Å². The first-order chi connectivity index (χ1) is 63.4. The number of carbonyl (C=O) groups is 4. The monoisotopic (exact) mass is 1930 g/mol. The first kappa shape index (κ1) is 105. The summed E-state index contributed by atoms with van der Waals surface area (Å²) in [6, 6.07) is 54.6. The predicted octanol–water partition coefficient (Wildman–Crippen LogP) is 32.3. The second-order valence-electron chi connectivity index (χ2n) is 35.1. The second kappa shape index (κ2) is 55.3. The van der Waals surface area contributed by atoms with Gasteiger partial charge >= 0.3 is 23.9 Å². The summed E-state index contributed by atoms with van der Waals surface area (Å²) in [6.45, 7) is 10.8. The number of aliphatic hydroxyl groups is 3. The van der Waals surface area contributed by atoms with Crippen molar-refractivity contribution >= 4 is 144 Å². The summed E-state index contributed by atoms with van der Waals surface area (Å²) in [5.41, 5.74) is 13.9. The summed E-state index contributed by atoms with van der Waals surface area (Å²) in [5, 5.41) is 55.1. The molecule has 0 saturated heterocycles. The van der Waals surface area contributed by atoms with Crippen LogP contribution in [0.25, 0.3) is 22.3 Å². The minimum atomic E-state index is -0.849. The van der Waals surface area contributed by atoms with E-state index >= 15 is 0 Å². The number of non-ortho nitro benzene ring substituents is 1. The highest BCUT2D eigenvalue weighted by atomic mass is 35.5. The first-order valence-electron chi connectivity index (χ1n) is 47.6. The highest BCUT2D eigenvalue weighted by Crippen LogP contribution is 2.49. The number of methoxy groups -OCH3 is 2. The van der Waals surface area contributed by atoms with Crippen LogP contribution < -0.4 is 0 Å². The number of nitro groups is 1. The van der Waals surface area contributed by atoms with E-state index in [1.807, 2.05) is 65.9 Å². The molecule has 8 atom stereocenters. The van der Waals surface area contributed by atoms with Crippen LogP contribution in [-0.4, -0.2) is 63.4 Å². The van der Waals surface area contributed by atoms with Crippen LogP contribution in [0.5, 0.6) is 0 Å². The fourth-order valence-corrected chi connectivity index (χ4v) is 23.5. The van der Waals surface area contributed by atoms with Gasteiger partial charge < -0.3 is 34.6 Å². The molecule has 0 aliphatic heterocycles. The van der Waals surface area contributed by atoms with Gasteiger partial charge in [0, 0.05) is 56.6 Å². The van der Waals surface area contributed by atoms with E-state index in [2.05, 4.69) is 120 Å². The molecule has 131 heavy (non-hydrogen) atoms. The van der Waals surface area contributed by atoms with Gasteiger partial charge in [-0.3, -0.25) is 10.1 Å². The number of rotatable bonds is 46. The minimum absolute atomic E-state index is 0.0703. The first-order valence-corrected chi connectivity index (χ1v) is 52.3. The zero-order chi connectivity index (χ0) is 93.7. The molecule has 0 bridgehead atoms. The topological polar surface area (TPSA) is 220 Å². The smallest absolute Gasteiger partial charge is 0.348 e. The van der Waals surface area contributed by atoms with Gasteiger partial charge in [0.1, 0.15) is 20.7 Å². The van der Waals surface area contributed by atoms with Crippen LogP contribution in [0, 0.1) is 40.7 Å². The molecule has 5 aromatic carbocycles. The molecule has 22 heteroatoms. The number of aliphatic hydroxyl groups excluding tert-OH is 3. The number of thiophene rings is 4. The second-order valence-corrected chi connectivity index (χ2v) is 41.8. The number of carboxylic acid groups (broad SMARTS) is 1. The SMILES string of the molecule is CCCCC[C@@H](O)c1ccc(C2=C(Cl)CC[C@@H]2CCCc2ccc(C(=O)O)s2)cc1.CCCCC[C@@H](O)c1ccc(C2=C(Cl)CC[C@@H]2CCCc2ccc(C(=O)OC)s2)cc1.CCCCC[C@@H](OC(=O)c1ccc([N+](=O)[O-])cc1)c1ccc(C2=C(Cl)CC[C@@H]2CCCc2ccc(C(=O)OC)s2)cc1.CCCCC[C@H](O)c1ccc(C2=C(Cl)CC[C@@H]2CCCc2ccc(C)s2)cc1. The maximum absolute atomic E-state index is 12.9. The van der Waals surface area contributed by atoms with Crippen LogP contribution in [-0.2, 0) is 39.9 Å². The molecular weight excluding hydrogens is 1800 g/mol. The Morgan fingerprint density at radius 2 is 0.679 bits per heavy atom. The third-order valence-corrected chi connectivity index (χ3v) is 31.6. The van der Waals surface area contributed by atoms with Crippen LogP contribution in [0.2, 0.25) is 0 Å². The van der Waals surface area contributed by atoms with E-state index in [0.29, 0.717) is 44.7 Å². The predicted molar refractivity (Wildman–Crippen MR) is 544 cm³/mol. The number of carbonyl (C=O) groups excluding carboxylic acids is 3. The summed E-state index contributed by atoms with van der Waals surface area (Å²) < 4.78 is 15.5. The number of allylic oxidation sites excluding steroid dienone is 8. The van der Waals surface area contributed by atoms with Gasteiger partial charge in [-0.15, -0.1) is 45.3 Å². The number of aromatic carboxylic acids is 1. The highest BCUT2D eigenvalue weighted by Gasteiger charge is 2.32. The number of aryl methyl sites for hydroxylation is 5. The Bertz CT molecular complexity index is 5210. The molecule has 0 unspecified atom stereocenters. The third-order valence-electron chi connectivity index (χ3n) is 25.6. The zero-order valence-electron chi connectivity index (χ0n) is 77.3. The highest BCUT2D eigenvalue weighted by molar-refractivity contribution is 7.14. The Hall–Kier alpha value is -7.82. The number of ether oxygens (including phenoxy) is 3. The molecule has 0 amide bonds. The van der Waals surface area contributed by atoms with Gasteiger partial charge in [-0.2, -0.15) is 0 Å². The molecule has 4 aliphatic rings. The van der Waals surface area contributed by atoms with Crippen molar-refractivity contribution in [2.45, 2.75) is 290 Å². The fourth-order valence-electron chi connectivity index (χ4n) is 18.3. The normalized spacial score (nSPS) is 16.9. The van der Waals surface area contributed by atoms with Crippen LogP contribution in [0.1, 0.15) is 366 Å². The number of unbranched alkanes of at least 4 members (excludes halogenated alkanes) is 8. The minimum Gasteiger partial charge on any atom is -0.477 e. The van der Waals surface area contributed by atoms with Gasteiger partial charge in [-0.05, 0) is 319 Å². The van der Waals surface area contributed by atoms with Crippen LogP contribution in [0.4, 0.5) is 5.69 Å². The van der Waals surface area contributed by atoms with Crippen molar-refractivity contribution in [3.05, 3.63) is 289 Å². The Balaban J connectivity index is 0.000000184. The molecule has 14 nitrogen and oxygen atoms in total. The van der Waals surface area contributed by atoms with Crippen molar-refractivity contribution in [3.8, 4) is 0 Å². The largest absolute Gasteiger partial charge is 0.477 e. The molecule has 0 radical (unpaired) electrons. The van der Waals surface area contributed by atoms with Gasteiger partial charge in [-0.1, -0.05) is 242 Å². The lowest BCUT2D eigenvalue weighted by Gasteiger charge is -2.20. The number of hydrogen-bond acceptors (Lipinski definition) is 16. The van der Waals surface area contributed by atoms with E-state index in [9.17, 15) is 44.6 Å². The molecule has 0 spiro atoms. The average Bonchev–Trinajstić information content (AvgIpc) is 1.72. The van der Waals surface area contributed by atoms with Crippen molar-refractivity contribution < 1.29 is 58.7 Å². The molecule has 0 saturated carbocycles. The molecule has 9 aromatic rings. The Labute approximate surface area is 813 Å². The Morgan fingerprint density at radius 3 is 0.969 bits per heavy atom. The number of halogens is 4. The number of nitro benzene ring substituents is 1. The maximum Gasteiger partial charge on any atom is 0.348 e. The molecule has 0 fully saturated rings. The van der Waals surface area contributed by atoms with Crippen molar-refractivity contribution in [3.63, 3.8) is 0 Å². The zero-order valence-corrected chi connectivity index (χ0v) is 83.6. The molecule has 4 aromatic heterocycles. The van der Waals surface area contributed by atoms with Gasteiger partial charge in [0.25, 0.3) is 5.69 Å². The summed E-state index contributed by atoms with van der Waals surface area (Å²) >= 11 is 32.9. The molecule has 4 aliphatic carbocycles. The Morgan fingerprint density at radius 1 is 0.382 bits per heavy atom. The Kier molecular flexibility index (Phi) is 44.4. The molecule has 13 rings (SSSR count). The van der Waals surface area contributed by atoms with Crippen LogP contribution in [0.3, 0.4) is 0 Å². The number of nitrogens with zero attached hydrogens (tertiary/aromatic N) is 1. The van der Waals surface area contributed by atoms with E-state index in [1.54, 1.807) is 6.07 Å². The lowest BCUT2D eigenvalue weighted by Crippen LogP contribution is -2.12. The summed E-state index contributed by atoms with van der Waals surface area (Å²) in [6.07, 6.45) is 35.5. The third kappa shape index (κ3) is 32.2. The van der Waals surface area contributed by atoms with Crippen LogP contribution in [0.15, 0.2) is 190 Å². The van der Waals surface area contributed by atoms with E-state index in [1.165, 1.54) is 170 Å². The quantitative estimate of drug-likeness (QED) is 0.00918. The van der Waals surface area contributed by atoms with Crippen molar-refractivity contribution in [2.24, 2.45) is 23.7 Å². The number of hydrogen-bond donors (Lipinski definition) is 4. The number of esters is 3. The van der Waals surface area contributed by atoms with Gasteiger partial charge in [0.05, 0.1) is 43.0 Å². The summed E-state index contributed by atoms with van der Waals surface area (Å²) in [4.78, 5) is 65.9. The van der Waals surface area contributed by atoms with E-state index < -0.39 is 29.1 Å². The molecule has 704 valence electrons. The van der Waals surface area contributed by atoms with Crippen molar-refractivity contribution in [2.75, 3.05) is 14.2 Å². The molecule has 4 heterocycles. The maximum atomic E-state index is 12.9. The standard InChI is InChI=1S/C33H36ClNO6S.C26H33ClO3S.C25H31ClO3S.C25H33ClOS/c1-3-4-5-9-29(41-32(36)25-14-17-26(18-15-25)35(38)39)22-10-12-24(13-11-22)31-23(16-20-28(31)34)7-6-8-27-19-21-30(42-27)33(37)40-2;1-3-4-5-9-23(28)18-10-12-20(13-11-18)25-19(14-16-22(25)27)7-6-8-21-15-17-24(31-21)26(29)30-2;1-2-3-4-8-22(27)17-9-11-19(12-10-17)24-18(13-15-21(24)26)6-5-7-20-14-16-23(30-20)25(28)29;1-3-4-5-9-24(27)19-11-13-21(14-12-19)25-20(15-17-23(25)26)7-6-8-22-16-10-18(2)28-22/h10-15,17-19,21,23,29H,3-9,16,20H2,1-2H3;10-13,15,17,19,23,28H,3-9,14,16H2,1-2H3;9-12,14,16,18,22,27H,2-8,13,15H2,1H3,(H,28,29);10-14,16,20,24,27H,3-9,15,17H2,1-2H3/t23-,29+;19-,23+;18-,22+;20-,24-/m0000/s1. The van der Waals surface area contributed by atoms with Crippen molar-refractivity contribution in [1.29, 1.82) is 0 Å². The van der Waals surface area contributed by atoms with Gasteiger partial charge in [0.15, 0.2) is 0 Å². The van der Waals surface area contributed by atoms with Crippen LogP contribution >= 0.6 is 91.8 Å². The lowest BCUT2D eigenvalue weighted by molar-refractivity contribution is -0.384. The average molecular weight is 1940 g/mol. The summed E-state index contributed by atoms with van der Waals surface area (Å²) in [5.74, 6) is -0.0686.